The Morgan fingerprint density at radius 2 is 1.57 bits per heavy atom. The van der Waals surface area contributed by atoms with Crippen molar-refractivity contribution in [3.63, 3.8) is 0 Å². The fourth-order valence-electron chi connectivity index (χ4n) is 6.05. The number of rotatable bonds is 11. The van der Waals surface area contributed by atoms with Crippen LogP contribution >= 0.6 is 34.4 Å². The third kappa shape index (κ3) is 6.69. The highest BCUT2D eigenvalue weighted by Crippen LogP contribution is 2.52. The normalized spacial score (nSPS) is 24.3. The minimum absolute atomic E-state index is 0.0501. The standard InChI is InChI=1S/C30H31IN4O10S/c1-16-25-24(17(2)36)28(37)33(25)26(29(38)44-14-18-3-7-20(8-4-18)34(40)41)27(16)46-23-11-22(12-31)32(13-23)30(39)45-15-19-5-9-21(10-6-19)35(42)43/h3-10,16-17,22-25,36H,11-15H2,1-2H3/t16-,17-,22+,23+,24-,25-/m1/s1. The third-order valence-electron chi connectivity index (χ3n) is 8.41. The lowest BCUT2D eigenvalue weighted by molar-refractivity contribution is -0.385. The van der Waals surface area contributed by atoms with Crippen molar-refractivity contribution in [3.8, 4) is 0 Å². The minimum Gasteiger partial charge on any atom is -0.456 e. The maximum atomic E-state index is 13.5. The van der Waals surface area contributed by atoms with Gasteiger partial charge in [-0.2, -0.15) is 0 Å². The summed E-state index contributed by atoms with van der Waals surface area (Å²) in [4.78, 5) is 64.3. The molecule has 244 valence electrons. The molecule has 6 atom stereocenters. The molecule has 16 heteroatoms. The summed E-state index contributed by atoms with van der Waals surface area (Å²) in [6.07, 6.45) is -0.818. The van der Waals surface area contributed by atoms with Crippen molar-refractivity contribution in [1.29, 1.82) is 0 Å². The van der Waals surface area contributed by atoms with E-state index < -0.39 is 40.0 Å². The van der Waals surface area contributed by atoms with Crippen molar-refractivity contribution in [2.24, 2.45) is 11.8 Å². The van der Waals surface area contributed by atoms with Gasteiger partial charge in [-0.05, 0) is 48.7 Å². The van der Waals surface area contributed by atoms with Crippen molar-refractivity contribution in [3.05, 3.63) is 90.5 Å². The van der Waals surface area contributed by atoms with E-state index in [-0.39, 0.29) is 53.4 Å². The molecule has 2 saturated heterocycles. The number of non-ortho nitro benzene ring substituents is 2. The van der Waals surface area contributed by atoms with Crippen LogP contribution in [-0.2, 0) is 32.3 Å². The number of amides is 2. The summed E-state index contributed by atoms with van der Waals surface area (Å²) < 4.78 is 11.8. The Morgan fingerprint density at radius 3 is 2.07 bits per heavy atom. The molecule has 46 heavy (non-hydrogen) atoms. The summed E-state index contributed by atoms with van der Waals surface area (Å²) in [5.74, 6) is -2.01. The number of aliphatic hydroxyl groups excluding tert-OH is 1. The highest BCUT2D eigenvalue weighted by molar-refractivity contribution is 14.1. The number of benzene rings is 2. The number of aliphatic hydroxyl groups is 1. The number of hydrogen-bond donors (Lipinski definition) is 1. The Hall–Kier alpha value is -3.77. The Balaban J connectivity index is 1.30. The first kappa shape index (κ1) is 33.6. The zero-order valence-corrected chi connectivity index (χ0v) is 27.8. The Labute approximate surface area is 281 Å². The van der Waals surface area contributed by atoms with Crippen molar-refractivity contribution in [2.75, 3.05) is 11.0 Å². The summed E-state index contributed by atoms with van der Waals surface area (Å²) in [5.41, 5.74) is 1.12. The maximum Gasteiger partial charge on any atom is 0.410 e. The van der Waals surface area contributed by atoms with Gasteiger partial charge in [0.15, 0.2) is 0 Å². The van der Waals surface area contributed by atoms with Crippen LogP contribution in [0, 0.1) is 32.1 Å². The van der Waals surface area contributed by atoms with Crippen LogP contribution in [0.5, 0.6) is 0 Å². The van der Waals surface area contributed by atoms with E-state index in [1.807, 2.05) is 6.92 Å². The maximum absolute atomic E-state index is 13.5. The second-order valence-corrected chi connectivity index (χ2v) is 13.6. The molecule has 0 spiro atoms. The van der Waals surface area contributed by atoms with Crippen LogP contribution in [0.15, 0.2) is 59.1 Å². The monoisotopic (exact) mass is 766 g/mol. The highest BCUT2D eigenvalue weighted by Gasteiger charge is 2.60. The summed E-state index contributed by atoms with van der Waals surface area (Å²) in [7, 11) is 0. The molecule has 3 aliphatic heterocycles. The van der Waals surface area contributed by atoms with Gasteiger partial charge < -0.3 is 24.4 Å². The largest absolute Gasteiger partial charge is 0.456 e. The number of carbonyl (C=O) groups is 3. The van der Waals surface area contributed by atoms with Gasteiger partial charge in [0.2, 0.25) is 5.91 Å². The van der Waals surface area contributed by atoms with E-state index in [0.29, 0.717) is 33.4 Å². The molecule has 14 nitrogen and oxygen atoms in total. The van der Waals surface area contributed by atoms with Crippen molar-refractivity contribution < 1.29 is 38.8 Å². The van der Waals surface area contributed by atoms with Gasteiger partial charge >= 0.3 is 12.1 Å². The van der Waals surface area contributed by atoms with Gasteiger partial charge in [0.25, 0.3) is 11.4 Å². The molecule has 0 bridgehead atoms. The van der Waals surface area contributed by atoms with Crippen LogP contribution in [-0.4, -0.2) is 77.1 Å². The summed E-state index contributed by atoms with van der Waals surface area (Å²) in [6.45, 7) is 3.57. The van der Waals surface area contributed by atoms with Gasteiger partial charge in [0.05, 0.1) is 27.9 Å². The van der Waals surface area contributed by atoms with E-state index in [4.69, 9.17) is 9.47 Å². The number of hydrogen-bond acceptors (Lipinski definition) is 11. The SMILES string of the molecule is C[C@@H](O)[C@H]1C(=O)N2C(C(=O)OCc3ccc([N+](=O)[O-])cc3)=C(S[C@H]3C[C@@H](CI)N(C(=O)OCc4ccc([N+](=O)[O-])cc4)C3)[C@H](C)[C@H]12. The lowest BCUT2D eigenvalue weighted by Gasteiger charge is -2.46. The van der Waals surface area contributed by atoms with Crippen molar-refractivity contribution >= 4 is 63.7 Å². The fraction of sp³-hybridized carbons (Fsp3) is 0.433. The molecule has 5 rings (SSSR count). The van der Waals surface area contributed by atoms with Crippen molar-refractivity contribution in [2.45, 2.75) is 56.9 Å². The molecule has 0 saturated carbocycles. The Bertz CT molecular complexity index is 1570. The average molecular weight is 767 g/mol. The van der Waals surface area contributed by atoms with Crippen LogP contribution in [0.2, 0.25) is 0 Å². The molecule has 0 unspecified atom stereocenters. The molecule has 3 heterocycles. The number of ether oxygens (including phenoxy) is 2. The number of β-lactam (4-membered cyclic amide) rings is 1. The lowest BCUT2D eigenvalue weighted by Crippen LogP contribution is -2.63. The predicted molar refractivity (Wildman–Crippen MR) is 174 cm³/mol. The van der Waals surface area contributed by atoms with Gasteiger partial charge in [0, 0.05) is 57.4 Å². The first-order chi connectivity index (χ1) is 21.9. The molecular weight excluding hydrogens is 735 g/mol. The van der Waals surface area contributed by atoms with Crippen LogP contribution in [0.3, 0.4) is 0 Å². The molecule has 2 aromatic rings. The van der Waals surface area contributed by atoms with Gasteiger partial charge in [0.1, 0.15) is 18.9 Å². The number of nitrogens with zero attached hydrogens (tertiary/aromatic N) is 4. The van der Waals surface area contributed by atoms with Crippen LogP contribution < -0.4 is 0 Å². The number of nitro benzene ring substituents is 2. The van der Waals surface area contributed by atoms with Gasteiger partial charge in [-0.1, -0.05) is 29.5 Å². The molecule has 0 aromatic heterocycles. The molecule has 3 aliphatic rings. The molecule has 1 N–H and O–H groups in total. The van der Waals surface area contributed by atoms with Gasteiger partial charge in [-0.15, -0.1) is 11.8 Å². The van der Waals surface area contributed by atoms with Gasteiger partial charge in [-0.3, -0.25) is 25.0 Å². The molecule has 2 aromatic carbocycles. The van der Waals surface area contributed by atoms with Crippen LogP contribution in [0.4, 0.5) is 16.2 Å². The third-order valence-corrected chi connectivity index (χ3v) is 10.9. The van der Waals surface area contributed by atoms with Crippen molar-refractivity contribution in [1.82, 2.24) is 9.80 Å². The molecular formula is C30H31IN4O10S. The Morgan fingerprint density at radius 1 is 1.02 bits per heavy atom. The van der Waals surface area contributed by atoms with Crippen LogP contribution in [0.25, 0.3) is 0 Å². The lowest BCUT2D eigenvalue weighted by atomic mass is 9.79. The van der Waals surface area contributed by atoms with E-state index in [1.54, 1.807) is 11.8 Å². The fourth-order valence-corrected chi connectivity index (χ4v) is 8.45. The van der Waals surface area contributed by atoms with E-state index >= 15 is 0 Å². The number of alkyl halides is 1. The first-order valence-electron chi connectivity index (χ1n) is 14.5. The molecule has 2 fully saturated rings. The zero-order chi connectivity index (χ0) is 33.3. The van der Waals surface area contributed by atoms with E-state index in [9.17, 15) is 39.7 Å². The highest BCUT2D eigenvalue weighted by atomic mass is 127. The van der Waals surface area contributed by atoms with E-state index in [2.05, 4.69) is 22.6 Å². The van der Waals surface area contributed by atoms with Gasteiger partial charge in [-0.25, -0.2) is 9.59 Å². The molecule has 0 radical (unpaired) electrons. The number of likely N-dealkylation sites (tertiary alicyclic amines) is 1. The second-order valence-electron chi connectivity index (χ2n) is 11.4. The summed E-state index contributed by atoms with van der Waals surface area (Å²) in [5, 5.41) is 32.1. The number of halogens is 1. The number of nitro groups is 2. The predicted octanol–water partition coefficient (Wildman–Crippen LogP) is 4.56. The minimum atomic E-state index is -0.908. The molecule has 0 aliphatic carbocycles. The topological polar surface area (TPSA) is 183 Å². The summed E-state index contributed by atoms with van der Waals surface area (Å²) in [6, 6.07) is 10.8. The smallest absolute Gasteiger partial charge is 0.410 e. The number of fused-ring (bicyclic) bond motifs is 1. The Kier molecular flexibility index (Phi) is 10.2. The quantitative estimate of drug-likeness (QED) is 0.0845. The molecule has 2 amide bonds. The van der Waals surface area contributed by atoms with E-state index in [0.717, 1.165) is 0 Å². The number of thioether (sulfide) groups is 1. The van der Waals surface area contributed by atoms with E-state index in [1.165, 1.54) is 65.2 Å². The second kappa shape index (κ2) is 13.9. The average Bonchev–Trinajstić information content (AvgIpc) is 3.55. The summed E-state index contributed by atoms with van der Waals surface area (Å²) >= 11 is 3.63. The number of esters is 1. The number of carbonyl (C=O) groups excluding carboxylic acids is 3. The van der Waals surface area contributed by atoms with Crippen LogP contribution in [0.1, 0.15) is 31.4 Å². The first-order valence-corrected chi connectivity index (χ1v) is 16.9. The zero-order valence-electron chi connectivity index (χ0n) is 24.8.